The van der Waals surface area contributed by atoms with Crippen LogP contribution >= 0.6 is 11.6 Å². The quantitative estimate of drug-likeness (QED) is 0.811. The van der Waals surface area contributed by atoms with Crippen molar-refractivity contribution in [3.63, 3.8) is 0 Å². The molecule has 0 unspecified atom stereocenters. The number of benzene rings is 2. The molecule has 3 heteroatoms. The SMILES string of the molecule is Cc1cc(Cl)ccc1CNCCc1ccccc1F. The Morgan fingerprint density at radius 2 is 1.89 bits per heavy atom. The molecule has 1 N–H and O–H groups in total. The molecule has 0 radical (unpaired) electrons. The van der Waals surface area contributed by atoms with Gasteiger partial charge in [-0.1, -0.05) is 35.9 Å². The average molecular weight is 278 g/mol. The van der Waals surface area contributed by atoms with Crippen molar-refractivity contribution in [2.24, 2.45) is 0 Å². The normalized spacial score (nSPS) is 10.7. The summed E-state index contributed by atoms with van der Waals surface area (Å²) in [7, 11) is 0. The highest BCUT2D eigenvalue weighted by atomic mass is 35.5. The molecule has 0 bridgehead atoms. The first kappa shape index (κ1) is 14.0. The predicted octanol–water partition coefficient (Wildman–Crippen LogP) is 4.12. The highest BCUT2D eigenvalue weighted by Crippen LogP contribution is 2.15. The minimum Gasteiger partial charge on any atom is -0.312 e. The van der Waals surface area contributed by atoms with Crippen molar-refractivity contribution < 1.29 is 4.39 Å². The summed E-state index contributed by atoms with van der Waals surface area (Å²) in [5.74, 6) is -0.132. The van der Waals surface area contributed by atoms with E-state index in [-0.39, 0.29) is 5.82 Å². The minimum atomic E-state index is -0.132. The second-order valence-corrected chi connectivity index (χ2v) is 5.03. The summed E-state index contributed by atoms with van der Waals surface area (Å²) in [5, 5.41) is 4.08. The van der Waals surface area contributed by atoms with Crippen molar-refractivity contribution in [3.8, 4) is 0 Å². The summed E-state index contributed by atoms with van der Waals surface area (Å²) in [4.78, 5) is 0. The van der Waals surface area contributed by atoms with Crippen LogP contribution in [0.4, 0.5) is 4.39 Å². The Bertz CT molecular complexity index is 554. The first-order chi connectivity index (χ1) is 9.16. The molecule has 0 spiro atoms. The van der Waals surface area contributed by atoms with Gasteiger partial charge in [0.2, 0.25) is 0 Å². The molecular formula is C16H17ClFN. The monoisotopic (exact) mass is 277 g/mol. The molecule has 2 aromatic carbocycles. The molecular weight excluding hydrogens is 261 g/mol. The highest BCUT2D eigenvalue weighted by molar-refractivity contribution is 6.30. The maximum absolute atomic E-state index is 13.4. The van der Waals surface area contributed by atoms with Crippen LogP contribution in [-0.4, -0.2) is 6.54 Å². The maximum atomic E-state index is 13.4. The van der Waals surface area contributed by atoms with Crippen molar-refractivity contribution in [1.82, 2.24) is 5.32 Å². The van der Waals surface area contributed by atoms with Crippen molar-refractivity contribution >= 4 is 11.6 Å². The maximum Gasteiger partial charge on any atom is 0.126 e. The summed E-state index contributed by atoms with van der Waals surface area (Å²) in [6.45, 7) is 3.57. The molecule has 19 heavy (non-hydrogen) atoms. The third-order valence-corrected chi connectivity index (χ3v) is 3.38. The summed E-state index contributed by atoms with van der Waals surface area (Å²) in [6.07, 6.45) is 0.694. The van der Waals surface area contributed by atoms with Gasteiger partial charge in [0.15, 0.2) is 0 Å². The number of hydrogen-bond acceptors (Lipinski definition) is 1. The van der Waals surface area contributed by atoms with Crippen LogP contribution < -0.4 is 5.32 Å². The van der Waals surface area contributed by atoms with Gasteiger partial charge in [-0.2, -0.15) is 0 Å². The fourth-order valence-electron chi connectivity index (χ4n) is 2.00. The molecule has 0 fully saturated rings. The zero-order valence-corrected chi connectivity index (χ0v) is 11.7. The van der Waals surface area contributed by atoms with Crippen molar-refractivity contribution in [2.45, 2.75) is 19.9 Å². The van der Waals surface area contributed by atoms with Crippen LogP contribution in [0.1, 0.15) is 16.7 Å². The predicted molar refractivity (Wildman–Crippen MR) is 78.0 cm³/mol. The summed E-state index contributed by atoms with van der Waals surface area (Å²) in [6, 6.07) is 12.8. The van der Waals surface area contributed by atoms with Crippen LogP contribution in [0.5, 0.6) is 0 Å². The Labute approximate surface area is 118 Å². The van der Waals surface area contributed by atoms with Crippen LogP contribution in [0.15, 0.2) is 42.5 Å². The standard InChI is InChI=1S/C16H17ClFN/c1-12-10-15(17)7-6-14(12)11-19-9-8-13-4-2-3-5-16(13)18/h2-7,10,19H,8-9,11H2,1H3. The fourth-order valence-corrected chi connectivity index (χ4v) is 2.23. The van der Waals surface area contributed by atoms with E-state index in [1.807, 2.05) is 37.3 Å². The van der Waals surface area contributed by atoms with Gasteiger partial charge >= 0.3 is 0 Å². The van der Waals surface area contributed by atoms with E-state index >= 15 is 0 Å². The third kappa shape index (κ3) is 4.05. The van der Waals surface area contributed by atoms with E-state index in [9.17, 15) is 4.39 Å². The van der Waals surface area contributed by atoms with Crippen LogP contribution in [-0.2, 0) is 13.0 Å². The zero-order valence-electron chi connectivity index (χ0n) is 10.9. The van der Waals surface area contributed by atoms with E-state index in [1.54, 1.807) is 6.07 Å². The number of halogens is 2. The molecule has 0 amide bonds. The Morgan fingerprint density at radius 3 is 2.63 bits per heavy atom. The van der Waals surface area contributed by atoms with E-state index in [0.29, 0.717) is 6.42 Å². The smallest absolute Gasteiger partial charge is 0.126 e. The van der Waals surface area contributed by atoms with Gasteiger partial charge in [-0.15, -0.1) is 0 Å². The molecule has 0 heterocycles. The molecule has 0 atom stereocenters. The lowest BCUT2D eigenvalue weighted by molar-refractivity contribution is 0.597. The largest absolute Gasteiger partial charge is 0.312 e. The molecule has 0 saturated heterocycles. The number of hydrogen-bond donors (Lipinski definition) is 1. The zero-order chi connectivity index (χ0) is 13.7. The van der Waals surface area contributed by atoms with E-state index in [2.05, 4.69) is 5.32 Å². The number of rotatable bonds is 5. The summed E-state index contributed by atoms with van der Waals surface area (Å²) >= 11 is 5.91. The van der Waals surface area contributed by atoms with Crippen LogP contribution in [0, 0.1) is 12.7 Å². The Morgan fingerprint density at radius 1 is 1.11 bits per heavy atom. The van der Waals surface area contributed by atoms with Gasteiger partial charge in [0.25, 0.3) is 0 Å². The Balaban J connectivity index is 1.83. The second kappa shape index (κ2) is 6.69. The van der Waals surface area contributed by atoms with Gasteiger partial charge in [-0.25, -0.2) is 4.39 Å². The van der Waals surface area contributed by atoms with E-state index in [0.717, 1.165) is 23.7 Å². The van der Waals surface area contributed by atoms with Crippen molar-refractivity contribution in [1.29, 1.82) is 0 Å². The molecule has 2 aromatic rings. The number of nitrogens with one attached hydrogen (secondary N) is 1. The third-order valence-electron chi connectivity index (χ3n) is 3.15. The van der Waals surface area contributed by atoms with Gasteiger partial charge in [0.1, 0.15) is 5.82 Å². The molecule has 2 rings (SSSR count). The molecule has 0 aliphatic heterocycles. The van der Waals surface area contributed by atoms with Crippen LogP contribution in [0.25, 0.3) is 0 Å². The van der Waals surface area contributed by atoms with E-state index in [4.69, 9.17) is 11.6 Å². The molecule has 0 aliphatic rings. The van der Waals surface area contributed by atoms with Crippen molar-refractivity contribution in [3.05, 3.63) is 70.0 Å². The average Bonchev–Trinajstić information content (AvgIpc) is 2.38. The lowest BCUT2D eigenvalue weighted by Gasteiger charge is -2.08. The molecule has 0 aromatic heterocycles. The summed E-state index contributed by atoms with van der Waals surface area (Å²) < 4.78 is 13.4. The molecule has 100 valence electrons. The molecule has 0 saturated carbocycles. The van der Waals surface area contributed by atoms with Gasteiger partial charge in [-0.05, 0) is 54.8 Å². The first-order valence-electron chi connectivity index (χ1n) is 6.36. The number of aryl methyl sites for hydroxylation is 1. The van der Waals surface area contributed by atoms with Gasteiger partial charge in [-0.3, -0.25) is 0 Å². The minimum absolute atomic E-state index is 0.132. The lowest BCUT2D eigenvalue weighted by Crippen LogP contribution is -2.17. The highest BCUT2D eigenvalue weighted by Gasteiger charge is 2.01. The molecule has 0 aliphatic carbocycles. The summed E-state index contributed by atoms with van der Waals surface area (Å²) in [5.41, 5.74) is 3.15. The van der Waals surface area contributed by atoms with E-state index in [1.165, 1.54) is 17.2 Å². The van der Waals surface area contributed by atoms with Crippen LogP contribution in [0.3, 0.4) is 0 Å². The topological polar surface area (TPSA) is 12.0 Å². The fraction of sp³-hybridized carbons (Fsp3) is 0.250. The van der Waals surface area contributed by atoms with Crippen LogP contribution in [0.2, 0.25) is 5.02 Å². The Kier molecular flexibility index (Phi) is 4.94. The second-order valence-electron chi connectivity index (χ2n) is 4.59. The van der Waals surface area contributed by atoms with Gasteiger partial charge in [0.05, 0.1) is 0 Å². The lowest BCUT2D eigenvalue weighted by atomic mass is 10.1. The van der Waals surface area contributed by atoms with E-state index < -0.39 is 0 Å². The Hall–Kier alpha value is -1.38. The van der Waals surface area contributed by atoms with Crippen molar-refractivity contribution in [2.75, 3.05) is 6.54 Å². The first-order valence-corrected chi connectivity index (χ1v) is 6.74. The van der Waals surface area contributed by atoms with Gasteiger partial charge in [0, 0.05) is 11.6 Å². The van der Waals surface area contributed by atoms with Gasteiger partial charge < -0.3 is 5.32 Å². The molecule has 1 nitrogen and oxygen atoms in total.